The smallest absolute Gasteiger partial charge is 0.350 e. The lowest BCUT2D eigenvalue weighted by Gasteiger charge is -2.17. The number of thiophene rings is 1. The molecule has 1 aromatic heterocycles. The van der Waals surface area contributed by atoms with Gasteiger partial charge in [0, 0.05) is 13.6 Å². The first-order chi connectivity index (χ1) is 9.97. The summed E-state index contributed by atoms with van der Waals surface area (Å²) in [6.07, 6.45) is 0.908. The average molecular weight is 314 g/mol. The van der Waals surface area contributed by atoms with Gasteiger partial charge in [-0.1, -0.05) is 6.92 Å². The summed E-state index contributed by atoms with van der Waals surface area (Å²) in [5.74, 6) is -1.03. The molecule has 7 heteroatoms. The van der Waals surface area contributed by atoms with Crippen LogP contribution in [0.25, 0.3) is 0 Å². The third-order valence-corrected chi connectivity index (χ3v) is 4.07. The van der Waals surface area contributed by atoms with Crippen molar-refractivity contribution in [2.75, 3.05) is 37.4 Å². The summed E-state index contributed by atoms with van der Waals surface area (Å²) >= 11 is 1.16. The predicted molar refractivity (Wildman–Crippen MR) is 84.2 cm³/mol. The van der Waals surface area contributed by atoms with Crippen molar-refractivity contribution in [1.29, 1.82) is 0 Å². The molecule has 6 nitrogen and oxygen atoms in total. The summed E-state index contributed by atoms with van der Waals surface area (Å²) in [5.41, 5.74) is 6.37. The highest BCUT2D eigenvalue weighted by molar-refractivity contribution is 7.19. The van der Waals surface area contributed by atoms with E-state index >= 15 is 0 Å². The minimum absolute atomic E-state index is 0.134. The van der Waals surface area contributed by atoms with E-state index in [1.54, 1.807) is 13.8 Å². The first-order valence-corrected chi connectivity index (χ1v) is 7.77. The Labute approximate surface area is 128 Å². The standard InChI is InChI=1S/C14H22N2O4S/c1-5-8-16(4)12-9(13(17)19-6-2)10(15)11(21-12)14(18)20-7-3/h5-8,15H2,1-4H3. The molecule has 0 unspecified atom stereocenters. The van der Waals surface area contributed by atoms with Gasteiger partial charge in [-0.2, -0.15) is 0 Å². The molecule has 0 amide bonds. The third kappa shape index (κ3) is 3.87. The molecule has 0 spiro atoms. The van der Waals surface area contributed by atoms with Gasteiger partial charge in [-0.3, -0.25) is 0 Å². The van der Waals surface area contributed by atoms with Crippen LogP contribution in [-0.4, -0.2) is 38.7 Å². The lowest BCUT2D eigenvalue weighted by molar-refractivity contribution is 0.0527. The Balaban J connectivity index is 3.29. The fourth-order valence-electron chi connectivity index (χ4n) is 1.89. The van der Waals surface area contributed by atoms with Gasteiger partial charge in [0.15, 0.2) is 0 Å². The number of hydrogen-bond donors (Lipinski definition) is 1. The second-order valence-electron chi connectivity index (χ2n) is 4.39. The van der Waals surface area contributed by atoms with Crippen molar-refractivity contribution in [3.63, 3.8) is 0 Å². The van der Waals surface area contributed by atoms with Crippen molar-refractivity contribution >= 4 is 34.0 Å². The SMILES string of the molecule is CCCN(C)c1sc(C(=O)OCC)c(N)c1C(=O)OCC. The summed E-state index contributed by atoms with van der Waals surface area (Å²) in [5, 5.41) is 0.635. The summed E-state index contributed by atoms with van der Waals surface area (Å²) in [4.78, 5) is 26.2. The van der Waals surface area contributed by atoms with Crippen LogP contribution in [0.1, 0.15) is 47.2 Å². The van der Waals surface area contributed by atoms with E-state index in [4.69, 9.17) is 15.2 Å². The van der Waals surface area contributed by atoms with Crippen LogP contribution >= 0.6 is 11.3 Å². The Bertz CT molecular complexity index is 513. The number of esters is 2. The maximum atomic E-state index is 12.1. The number of carbonyl (C=O) groups is 2. The molecular weight excluding hydrogens is 292 g/mol. The Morgan fingerprint density at radius 3 is 2.24 bits per heavy atom. The van der Waals surface area contributed by atoms with E-state index in [0.717, 1.165) is 24.3 Å². The van der Waals surface area contributed by atoms with Gasteiger partial charge in [-0.15, -0.1) is 11.3 Å². The molecule has 0 saturated carbocycles. The van der Waals surface area contributed by atoms with Crippen molar-refractivity contribution in [3.05, 3.63) is 10.4 Å². The summed E-state index contributed by atoms with van der Waals surface area (Å²) in [6, 6.07) is 0. The quantitative estimate of drug-likeness (QED) is 0.779. The van der Waals surface area contributed by atoms with Crippen molar-refractivity contribution in [1.82, 2.24) is 0 Å². The summed E-state index contributed by atoms with van der Waals surface area (Å²) in [6.45, 7) is 6.73. The molecule has 0 aliphatic rings. The van der Waals surface area contributed by atoms with Crippen LogP contribution < -0.4 is 10.6 Å². The Morgan fingerprint density at radius 2 is 1.71 bits per heavy atom. The fraction of sp³-hybridized carbons (Fsp3) is 0.571. The highest BCUT2D eigenvalue weighted by Gasteiger charge is 2.28. The molecule has 0 saturated heterocycles. The molecule has 1 heterocycles. The zero-order chi connectivity index (χ0) is 16.0. The highest BCUT2D eigenvalue weighted by atomic mass is 32.1. The Hall–Kier alpha value is -1.76. The maximum absolute atomic E-state index is 12.1. The number of hydrogen-bond acceptors (Lipinski definition) is 7. The van der Waals surface area contributed by atoms with Gasteiger partial charge in [-0.05, 0) is 20.3 Å². The molecule has 1 rings (SSSR count). The van der Waals surface area contributed by atoms with Crippen LogP contribution in [0.15, 0.2) is 0 Å². The van der Waals surface area contributed by atoms with Crippen LogP contribution in [0, 0.1) is 0 Å². The van der Waals surface area contributed by atoms with Crippen molar-refractivity contribution < 1.29 is 19.1 Å². The van der Waals surface area contributed by atoms with Gasteiger partial charge in [0.2, 0.25) is 0 Å². The maximum Gasteiger partial charge on any atom is 0.350 e. The van der Waals surface area contributed by atoms with E-state index in [1.165, 1.54) is 0 Å². The van der Waals surface area contributed by atoms with E-state index in [-0.39, 0.29) is 29.3 Å². The number of carbonyl (C=O) groups excluding carboxylic acids is 2. The van der Waals surface area contributed by atoms with Crippen LogP contribution in [0.2, 0.25) is 0 Å². The largest absolute Gasteiger partial charge is 0.462 e. The number of ether oxygens (including phenoxy) is 2. The number of anilines is 2. The third-order valence-electron chi connectivity index (χ3n) is 2.77. The van der Waals surface area contributed by atoms with Gasteiger partial charge in [-0.25, -0.2) is 9.59 Å². The van der Waals surface area contributed by atoms with Crippen LogP contribution in [0.5, 0.6) is 0 Å². The molecular formula is C14H22N2O4S. The molecule has 0 atom stereocenters. The van der Waals surface area contributed by atoms with Crippen molar-refractivity contribution in [2.45, 2.75) is 27.2 Å². The molecule has 21 heavy (non-hydrogen) atoms. The summed E-state index contributed by atoms with van der Waals surface area (Å²) < 4.78 is 10.0. The van der Waals surface area contributed by atoms with Gasteiger partial charge in [0.25, 0.3) is 0 Å². The second-order valence-corrected chi connectivity index (χ2v) is 5.39. The van der Waals surface area contributed by atoms with Crippen LogP contribution in [0.4, 0.5) is 10.7 Å². The molecule has 0 aromatic carbocycles. The molecule has 0 radical (unpaired) electrons. The molecule has 0 aliphatic heterocycles. The lowest BCUT2D eigenvalue weighted by Crippen LogP contribution is -2.20. The zero-order valence-corrected chi connectivity index (χ0v) is 13.7. The van der Waals surface area contributed by atoms with Gasteiger partial charge < -0.3 is 20.1 Å². The van der Waals surface area contributed by atoms with E-state index in [0.29, 0.717) is 5.00 Å². The zero-order valence-electron chi connectivity index (χ0n) is 12.9. The predicted octanol–water partition coefficient (Wildman–Crippen LogP) is 2.53. The lowest BCUT2D eigenvalue weighted by atomic mass is 10.2. The minimum Gasteiger partial charge on any atom is -0.462 e. The van der Waals surface area contributed by atoms with Gasteiger partial charge in [0.1, 0.15) is 15.4 Å². The van der Waals surface area contributed by atoms with Gasteiger partial charge in [0.05, 0.1) is 18.9 Å². The van der Waals surface area contributed by atoms with E-state index < -0.39 is 11.9 Å². The van der Waals surface area contributed by atoms with Crippen LogP contribution in [0.3, 0.4) is 0 Å². The molecule has 2 N–H and O–H groups in total. The monoisotopic (exact) mass is 314 g/mol. The number of nitrogens with two attached hydrogens (primary N) is 1. The number of nitrogen functional groups attached to an aromatic ring is 1. The van der Waals surface area contributed by atoms with E-state index in [2.05, 4.69) is 0 Å². The normalized spacial score (nSPS) is 10.3. The summed E-state index contributed by atoms with van der Waals surface area (Å²) in [7, 11) is 1.85. The first kappa shape index (κ1) is 17.3. The highest BCUT2D eigenvalue weighted by Crippen LogP contribution is 2.38. The van der Waals surface area contributed by atoms with Crippen LogP contribution in [-0.2, 0) is 9.47 Å². The molecule has 1 aromatic rings. The molecule has 118 valence electrons. The fourth-order valence-corrected chi connectivity index (χ4v) is 2.98. The van der Waals surface area contributed by atoms with E-state index in [1.807, 2.05) is 18.9 Å². The minimum atomic E-state index is -0.514. The Kier molecular flexibility index (Phi) is 6.48. The Morgan fingerprint density at radius 1 is 1.14 bits per heavy atom. The molecule has 0 bridgehead atoms. The average Bonchev–Trinajstić information content (AvgIpc) is 2.77. The van der Waals surface area contributed by atoms with Gasteiger partial charge >= 0.3 is 11.9 Å². The number of nitrogens with zero attached hydrogens (tertiary/aromatic N) is 1. The molecule has 0 fully saturated rings. The first-order valence-electron chi connectivity index (χ1n) is 6.95. The number of rotatable bonds is 7. The second kappa shape index (κ2) is 7.87. The van der Waals surface area contributed by atoms with Crippen molar-refractivity contribution in [3.8, 4) is 0 Å². The topological polar surface area (TPSA) is 81.9 Å². The molecule has 0 aliphatic carbocycles. The van der Waals surface area contributed by atoms with E-state index in [9.17, 15) is 9.59 Å². The van der Waals surface area contributed by atoms with Crippen molar-refractivity contribution in [2.24, 2.45) is 0 Å².